The number of nitrogens with zero attached hydrogens (tertiary/aromatic N) is 1. The molecule has 48 valence electrons. The van der Waals surface area contributed by atoms with Crippen molar-refractivity contribution in [3.63, 3.8) is 0 Å². The summed E-state index contributed by atoms with van der Waals surface area (Å²) >= 11 is 3.13. The molecule has 0 bridgehead atoms. The van der Waals surface area contributed by atoms with Gasteiger partial charge in [0.1, 0.15) is 0 Å². The zero-order chi connectivity index (χ0) is 6.69. The van der Waals surface area contributed by atoms with Crippen LogP contribution in [0, 0.1) is 6.92 Å². The third-order valence-electron chi connectivity index (χ3n) is 0.873. The van der Waals surface area contributed by atoms with Gasteiger partial charge in [0.05, 0.1) is 5.69 Å². The first-order valence-electron chi connectivity index (χ1n) is 2.53. The van der Waals surface area contributed by atoms with Gasteiger partial charge in [-0.15, -0.1) is 0 Å². The molecule has 0 amide bonds. The molecule has 1 aromatic heterocycles. The van der Waals surface area contributed by atoms with E-state index in [1.54, 1.807) is 11.1 Å². The van der Waals surface area contributed by atoms with Crippen molar-refractivity contribution >= 4 is 22.0 Å². The second kappa shape index (κ2) is 2.82. The first kappa shape index (κ1) is 6.55. The Hall–Kier alpha value is -0.570. The lowest BCUT2D eigenvalue weighted by Gasteiger charge is -1.72. The van der Waals surface area contributed by atoms with Crippen LogP contribution in [0.5, 0.6) is 0 Å². The van der Waals surface area contributed by atoms with Crippen LogP contribution in [-0.2, 0) is 0 Å². The highest BCUT2D eigenvalue weighted by atomic mass is 79.9. The van der Waals surface area contributed by atoms with Crippen molar-refractivity contribution in [2.24, 2.45) is 0 Å². The SMILES string of the molecule is Cc1cc(/C=C/Br)on1. The van der Waals surface area contributed by atoms with Crippen molar-refractivity contribution in [1.82, 2.24) is 5.16 Å². The summed E-state index contributed by atoms with van der Waals surface area (Å²) in [7, 11) is 0. The molecule has 1 rings (SSSR count). The predicted octanol–water partition coefficient (Wildman–Crippen LogP) is 2.35. The summed E-state index contributed by atoms with van der Waals surface area (Å²) in [4.78, 5) is 1.73. The highest BCUT2D eigenvalue weighted by Gasteiger charge is 1.92. The van der Waals surface area contributed by atoms with Crippen LogP contribution in [0.15, 0.2) is 15.6 Å². The molecule has 0 unspecified atom stereocenters. The molecule has 0 N–H and O–H groups in total. The molecule has 0 saturated heterocycles. The number of aryl methyl sites for hydroxylation is 1. The van der Waals surface area contributed by atoms with Crippen LogP contribution in [-0.4, -0.2) is 5.16 Å². The largest absolute Gasteiger partial charge is 0.357 e. The molecule has 3 heteroatoms. The lowest BCUT2D eigenvalue weighted by atomic mass is 10.4. The Balaban J connectivity index is 2.85. The van der Waals surface area contributed by atoms with Gasteiger partial charge in [-0.05, 0) is 18.0 Å². The fourth-order valence-electron chi connectivity index (χ4n) is 0.524. The molecule has 0 aliphatic carbocycles. The standard InChI is InChI=1S/C6H6BrNO/c1-5-4-6(2-3-7)9-8-5/h2-4H,1H3/b3-2+. The molecule has 0 fully saturated rings. The second-order valence-corrected chi connectivity index (χ2v) is 2.19. The maximum Gasteiger partial charge on any atom is 0.160 e. The molecule has 0 aliphatic rings. The van der Waals surface area contributed by atoms with Gasteiger partial charge in [0.25, 0.3) is 0 Å². The van der Waals surface area contributed by atoms with Gasteiger partial charge >= 0.3 is 0 Å². The van der Waals surface area contributed by atoms with E-state index in [4.69, 9.17) is 4.52 Å². The van der Waals surface area contributed by atoms with Crippen molar-refractivity contribution in [1.29, 1.82) is 0 Å². The highest BCUT2D eigenvalue weighted by Crippen LogP contribution is 2.04. The Morgan fingerprint density at radius 1 is 1.78 bits per heavy atom. The van der Waals surface area contributed by atoms with Crippen LogP contribution in [0.1, 0.15) is 11.5 Å². The molecule has 1 aromatic rings. The summed E-state index contributed by atoms with van der Waals surface area (Å²) in [5.74, 6) is 0.768. The van der Waals surface area contributed by atoms with Crippen molar-refractivity contribution in [3.8, 4) is 0 Å². The van der Waals surface area contributed by atoms with E-state index in [1.165, 1.54) is 0 Å². The van der Waals surface area contributed by atoms with E-state index in [-0.39, 0.29) is 0 Å². The molecule has 0 saturated carbocycles. The van der Waals surface area contributed by atoms with E-state index in [9.17, 15) is 0 Å². The van der Waals surface area contributed by atoms with Crippen molar-refractivity contribution in [3.05, 3.63) is 22.5 Å². The van der Waals surface area contributed by atoms with Crippen LogP contribution in [0.25, 0.3) is 6.08 Å². The predicted molar refractivity (Wildman–Crippen MR) is 39.2 cm³/mol. The van der Waals surface area contributed by atoms with Gasteiger partial charge in [-0.2, -0.15) is 0 Å². The molecule has 9 heavy (non-hydrogen) atoms. The van der Waals surface area contributed by atoms with Gasteiger partial charge in [0, 0.05) is 6.07 Å². The molecule has 0 radical (unpaired) electrons. The molecule has 0 spiro atoms. The minimum absolute atomic E-state index is 0.768. The molecular weight excluding hydrogens is 182 g/mol. The summed E-state index contributed by atoms with van der Waals surface area (Å²) in [6.07, 6.45) is 1.79. The van der Waals surface area contributed by atoms with Crippen LogP contribution in [0.2, 0.25) is 0 Å². The lowest BCUT2D eigenvalue weighted by Crippen LogP contribution is -1.59. The zero-order valence-electron chi connectivity index (χ0n) is 4.97. The topological polar surface area (TPSA) is 26.0 Å². The van der Waals surface area contributed by atoms with E-state index in [0.29, 0.717) is 0 Å². The third kappa shape index (κ3) is 1.68. The maximum absolute atomic E-state index is 4.84. The number of hydrogen-bond acceptors (Lipinski definition) is 2. The summed E-state index contributed by atoms with van der Waals surface area (Å²) in [6, 6.07) is 1.86. The van der Waals surface area contributed by atoms with E-state index in [2.05, 4.69) is 21.1 Å². The Morgan fingerprint density at radius 3 is 3.00 bits per heavy atom. The normalized spacial score (nSPS) is 10.9. The Morgan fingerprint density at radius 2 is 2.56 bits per heavy atom. The average Bonchev–Trinajstić information content (AvgIpc) is 2.17. The Labute approximate surface area is 61.7 Å². The molecule has 2 nitrogen and oxygen atoms in total. The number of halogens is 1. The van der Waals surface area contributed by atoms with E-state index < -0.39 is 0 Å². The summed E-state index contributed by atoms with van der Waals surface area (Å²) in [6.45, 7) is 1.88. The van der Waals surface area contributed by atoms with Crippen LogP contribution in [0.4, 0.5) is 0 Å². The van der Waals surface area contributed by atoms with Crippen molar-refractivity contribution < 1.29 is 4.52 Å². The van der Waals surface area contributed by atoms with Gasteiger partial charge in [0.15, 0.2) is 5.76 Å². The molecule has 1 heterocycles. The second-order valence-electron chi connectivity index (χ2n) is 1.66. The number of aromatic nitrogens is 1. The molecule has 0 atom stereocenters. The Bertz CT molecular complexity index is 217. The van der Waals surface area contributed by atoms with Crippen LogP contribution < -0.4 is 0 Å². The first-order valence-corrected chi connectivity index (χ1v) is 3.44. The summed E-state index contributed by atoms with van der Waals surface area (Å²) in [5.41, 5.74) is 0.899. The first-order chi connectivity index (χ1) is 4.33. The quantitative estimate of drug-likeness (QED) is 0.675. The Kier molecular flexibility index (Phi) is 2.05. The van der Waals surface area contributed by atoms with Gasteiger partial charge in [0.2, 0.25) is 0 Å². The summed E-state index contributed by atoms with van der Waals surface area (Å²) in [5, 5.41) is 3.69. The van der Waals surface area contributed by atoms with Gasteiger partial charge < -0.3 is 4.52 Å². The minimum Gasteiger partial charge on any atom is -0.357 e. The summed E-state index contributed by atoms with van der Waals surface area (Å²) < 4.78 is 4.84. The smallest absolute Gasteiger partial charge is 0.160 e. The average molecular weight is 188 g/mol. The maximum atomic E-state index is 4.84. The highest BCUT2D eigenvalue weighted by molar-refractivity contribution is 9.11. The zero-order valence-corrected chi connectivity index (χ0v) is 6.55. The monoisotopic (exact) mass is 187 g/mol. The van der Waals surface area contributed by atoms with Crippen LogP contribution >= 0.6 is 15.9 Å². The fraction of sp³-hybridized carbons (Fsp3) is 0.167. The van der Waals surface area contributed by atoms with E-state index in [0.717, 1.165) is 11.5 Å². The molecule has 0 aliphatic heterocycles. The van der Waals surface area contributed by atoms with E-state index >= 15 is 0 Å². The number of hydrogen-bond donors (Lipinski definition) is 0. The van der Waals surface area contributed by atoms with Gasteiger partial charge in [-0.1, -0.05) is 21.1 Å². The third-order valence-corrected chi connectivity index (χ3v) is 1.14. The van der Waals surface area contributed by atoms with Crippen molar-refractivity contribution in [2.45, 2.75) is 6.92 Å². The van der Waals surface area contributed by atoms with Crippen molar-refractivity contribution in [2.75, 3.05) is 0 Å². The lowest BCUT2D eigenvalue weighted by molar-refractivity contribution is 0.408. The van der Waals surface area contributed by atoms with Crippen LogP contribution in [0.3, 0.4) is 0 Å². The number of rotatable bonds is 1. The van der Waals surface area contributed by atoms with Gasteiger partial charge in [-0.25, -0.2) is 0 Å². The fourth-order valence-corrected chi connectivity index (χ4v) is 0.784. The van der Waals surface area contributed by atoms with Gasteiger partial charge in [-0.3, -0.25) is 0 Å². The molecule has 0 aromatic carbocycles. The van der Waals surface area contributed by atoms with E-state index in [1.807, 2.05) is 13.0 Å². The minimum atomic E-state index is 0.768. The molecular formula is C6H6BrNO.